The molecular weight excluding hydrogens is 222 g/mol. The van der Waals surface area contributed by atoms with Gasteiger partial charge in [0.1, 0.15) is 11.9 Å². The molecule has 0 aromatic carbocycles. The Labute approximate surface area is 99.7 Å². The zero-order valence-electron chi connectivity index (χ0n) is 9.97. The summed E-state index contributed by atoms with van der Waals surface area (Å²) in [5.74, 6) is -1.04. The van der Waals surface area contributed by atoms with Crippen molar-refractivity contribution >= 4 is 5.97 Å². The summed E-state index contributed by atoms with van der Waals surface area (Å²) in [7, 11) is 0. The van der Waals surface area contributed by atoms with Gasteiger partial charge in [0.25, 0.3) is 0 Å². The van der Waals surface area contributed by atoms with Crippen LogP contribution in [0.5, 0.6) is 0 Å². The summed E-state index contributed by atoms with van der Waals surface area (Å²) in [6.07, 6.45) is 3.19. The van der Waals surface area contributed by atoms with Crippen LogP contribution in [0, 0.1) is 0 Å². The molecule has 0 unspecified atom stereocenters. The number of carboxylic acids is 1. The smallest absolute Gasteiger partial charge is 0.339 e. The van der Waals surface area contributed by atoms with E-state index in [1.165, 1.54) is 12.5 Å². The summed E-state index contributed by atoms with van der Waals surface area (Å²) in [5.41, 5.74) is 0.272. The second kappa shape index (κ2) is 5.70. The minimum absolute atomic E-state index is 0.0789. The number of nitrogens with zero attached hydrogens (tertiary/aromatic N) is 2. The SMILES string of the molecule is CC(C)(CCO)NCc1ncncc1C(=O)O. The zero-order valence-corrected chi connectivity index (χ0v) is 9.97. The van der Waals surface area contributed by atoms with Crippen LogP contribution in [-0.4, -0.2) is 38.3 Å². The van der Waals surface area contributed by atoms with Gasteiger partial charge in [-0.15, -0.1) is 0 Å². The van der Waals surface area contributed by atoms with Gasteiger partial charge in [0, 0.05) is 24.9 Å². The predicted octanol–water partition coefficient (Wildman–Crippen LogP) is 0.425. The number of carboxylic acid groups (broad SMARTS) is 1. The molecule has 94 valence electrons. The first-order chi connectivity index (χ1) is 7.96. The number of hydrogen-bond donors (Lipinski definition) is 3. The standard InChI is InChI=1S/C11H17N3O3/c1-11(2,3-4-15)14-6-9-8(10(16)17)5-12-7-13-9/h5,7,14-15H,3-4,6H2,1-2H3,(H,16,17). The van der Waals surface area contributed by atoms with Crippen molar-refractivity contribution in [1.29, 1.82) is 0 Å². The first-order valence-electron chi connectivity index (χ1n) is 5.34. The Bertz CT molecular complexity index is 393. The third-order valence-electron chi connectivity index (χ3n) is 2.50. The maximum atomic E-state index is 10.9. The van der Waals surface area contributed by atoms with E-state index in [9.17, 15) is 4.79 Å². The van der Waals surface area contributed by atoms with Crippen LogP contribution in [-0.2, 0) is 6.54 Å². The van der Waals surface area contributed by atoms with Crippen molar-refractivity contribution in [3.8, 4) is 0 Å². The van der Waals surface area contributed by atoms with Gasteiger partial charge in [-0.05, 0) is 20.3 Å². The normalized spacial score (nSPS) is 11.5. The Morgan fingerprint density at radius 2 is 2.24 bits per heavy atom. The first-order valence-corrected chi connectivity index (χ1v) is 5.34. The van der Waals surface area contributed by atoms with Crippen LogP contribution in [0.2, 0.25) is 0 Å². The van der Waals surface area contributed by atoms with Gasteiger partial charge in [0.15, 0.2) is 0 Å². The number of rotatable bonds is 6. The molecule has 0 aliphatic carbocycles. The average Bonchev–Trinajstić information content (AvgIpc) is 2.27. The summed E-state index contributed by atoms with van der Waals surface area (Å²) >= 11 is 0. The molecule has 0 atom stereocenters. The second-order valence-electron chi connectivity index (χ2n) is 4.40. The Balaban J connectivity index is 2.72. The van der Waals surface area contributed by atoms with Crippen molar-refractivity contribution in [3.05, 3.63) is 23.8 Å². The Morgan fingerprint density at radius 1 is 1.53 bits per heavy atom. The van der Waals surface area contributed by atoms with Crippen LogP contribution in [0.15, 0.2) is 12.5 Å². The molecule has 0 aliphatic rings. The number of aliphatic hydroxyl groups is 1. The topological polar surface area (TPSA) is 95.3 Å². The monoisotopic (exact) mass is 239 g/mol. The second-order valence-corrected chi connectivity index (χ2v) is 4.40. The molecule has 0 bridgehead atoms. The van der Waals surface area contributed by atoms with E-state index in [4.69, 9.17) is 10.2 Å². The fourth-order valence-electron chi connectivity index (χ4n) is 1.37. The Kier molecular flexibility index (Phi) is 4.53. The molecule has 6 nitrogen and oxygen atoms in total. The molecule has 6 heteroatoms. The van der Waals surface area contributed by atoms with Gasteiger partial charge in [-0.1, -0.05) is 0 Å². The molecular formula is C11H17N3O3. The summed E-state index contributed by atoms with van der Waals surface area (Å²) in [6, 6.07) is 0. The summed E-state index contributed by atoms with van der Waals surface area (Å²) in [6.45, 7) is 4.28. The van der Waals surface area contributed by atoms with Gasteiger partial charge in [-0.3, -0.25) is 0 Å². The summed E-state index contributed by atoms with van der Waals surface area (Å²) in [4.78, 5) is 18.6. The molecule has 0 radical (unpaired) electrons. The quantitative estimate of drug-likeness (QED) is 0.666. The highest BCUT2D eigenvalue weighted by molar-refractivity contribution is 5.88. The molecule has 0 spiro atoms. The van der Waals surface area contributed by atoms with E-state index < -0.39 is 5.97 Å². The average molecular weight is 239 g/mol. The summed E-state index contributed by atoms with van der Waals surface area (Å²) in [5, 5.41) is 21.0. The predicted molar refractivity (Wildman–Crippen MR) is 61.6 cm³/mol. The summed E-state index contributed by atoms with van der Waals surface area (Å²) < 4.78 is 0. The Morgan fingerprint density at radius 3 is 2.82 bits per heavy atom. The van der Waals surface area contributed by atoms with Crippen molar-refractivity contribution in [2.75, 3.05) is 6.61 Å². The maximum absolute atomic E-state index is 10.9. The van der Waals surface area contributed by atoms with Crippen LogP contribution >= 0.6 is 0 Å². The highest BCUT2D eigenvalue weighted by atomic mass is 16.4. The molecule has 0 fully saturated rings. The lowest BCUT2D eigenvalue weighted by molar-refractivity contribution is 0.0694. The van der Waals surface area contributed by atoms with E-state index in [0.717, 1.165) is 0 Å². The van der Waals surface area contributed by atoms with Gasteiger partial charge < -0.3 is 15.5 Å². The van der Waals surface area contributed by atoms with Crippen LogP contribution < -0.4 is 5.32 Å². The molecule has 0 amide bonds. The van der Waals surface area contributed by atoms with E-state index in [2.05, 4.69) is 15.3 Å². The number of hydrogen-bond acceptors (Lipinski definition) is 5. The number of aromatic nitrogens is 2. The van der Waals surface area contributed by atoms with E-state index in [1.54, 1.807) is 0 Å². The van der Waals surface area contributed by atoms with Crippen LogP contribution in [0.25, 0.3) is 0 Å². The largest absolute Gasteiger partial charge is 0.478 e. The fraction of sp³-hybridized carbons (Fsp3) is 0.545. The van der Waals surface area contributed by atoms with Gasteiger partial charge in [-0.25, -0.2) is 14.8 Å². The van der Waals surface area contributed by atoms with Crippen LogP contribution in [0.1, 0.15) is 36.3 Å². The van der Waals surface area contributed by atoms with Crippen molar-refractivity contribution < 1.29 is 15.0 Å². The molecule has 0 aliphatic heterocycles. The Hall–Kier alpha value is -1.53. The van der Waals surface area contributed by atoms with Crippen molar-refractivity contribution in [2.24, 2.45) is 0 Å². The number of aliphatic hydroxyl groups excluding tert-OH is 1. The van der Waals surface area contributed by atoms with Gasteiger partial charge in [0.05, 0.1) is 5.69 Å². The van der Waals surface area contributed by atoms with Gasteiger partial charge >= 0.3 is 5.97 Å². The molecule has 1 heterocycles. The third-order valence-corrected chi connectivity index (χ3v) is 2.50. The van der Waals surface area contributed by atoms with Crippen LogP contribution in [0.4, 0.5) is 0 Å². The van der Waals surface area contributed by atoms with Crippen molar-refractivity contribution in [2.45, 2.75) is 32.4 Å². The highest BCUT2D eigenvalue weighted by Crippen LogP contribution is 2.10. The van der Waals surface area contributed by atoms with E-state index >= 15 is 0 Å². The van der Waals surface area contributed by atoms with Crippen LogP contribution in [0.3, 0.4) is 0 Å². The third kappa shape index (κ3) is 4.08. The van der Waals surface area contributed by atoms with Gasteiger partial charge in [0.2, 0.25) is 0 Å². The molecule has 1 aromatic heterocycles. The maximum Gasteiger partial charge on any atom is 0.339 e. The first kappa shape index (κ1) is 13.5. The highest BCUT2D eigenvalue weighted by Gasteiger charge is 2.18. The minimum atomic E-state index is -1.04. The number of aromatic carboxylic acids is 1. The zero-order chi connectivity index (χ0) is 12.9. The van der Waals surface area contributed by atoms with Crippen molar-refractivity contribution in [3.63, 3.8) is 0 Å². The molecule has 17 heavy (non-hydrogen) atoms. The molecule has 0 saturated carbocycles. The minimum Gasteiger partial charge on any atom is -0.478 e. The lowest BCUT2D eigenvalue weighted by atomic mass is 10.0. The lowest BCUT2D eigenvalue weighted by Gasteiger charge is -2.25. The molecule has 3 N–H and O–H groups in total. The molecule has 1 rings (SSSR count). The number of carbonyl (C=O) groups is 1. The van der Waals surface area contributed by atoms with Crippen molar-refractivity contribution in [1.82, 2.24) is 15.3 Å². The van der Waals surface area contributed by atoms with E-state index in [0.29, 0.717) is 18.7 Å². The number of nitrogens with one attached hydrogen (secondary N) is 1. The van der Waals surface area contributed by atoms with E-state index in [1.807, 2.05) is 13.8 Å². The van der Waals surface area contributed by atoms with E-state index in [-0.39, 0.29) is 17.7 Å². The molecule has 1 aromatic rings. The lowest BCUT2D eigenvalue weighted by Crippen LogP contribution is -2.40. The fourth-order valence-corrected chi connectivity index (χ4v) is 1.37. The molecule has 0 saturated heterocycles. The van der Waals surface area contributed by atoms with Gasteiger partial charge in [-0.2, -0.15) is 0 Å².